The lowest BCUT2D eigenvalue weighted by Gasteiger charge is -2.36. The molecule has 2 aromatic carbocycles. The molecule has 2 unspecified atom stereocenters. The normalized spacial score (nSPS) is 18.1. The Hall–Kier alpha value is -3.32. The first-order valence-electron chi connectivity index (χ1n) is 11.3. The van der Waals surface area contributed by atoms with Gasteiger partial charge in [0.25, 0.3) is 5.56 Å². The zero-order chi connectivity index (χ0) is 22.1. The van der Waals surface area contributed by atoms with Gasteiger partial charge < -0.3 is 4.98 Å². The summed E-state index contributed by atoms with van der Waals surface area (Å²) >= 11 is 0. The third-order valence-electron chi connectivity index (χ3n) is 6.44. The summed E-state index contributed by atoms with van der Waals surface area (Å²) in [6, 6.07) is 18.0. The Balaban J connectivity index is 1.63. The van der Waals surface area contributed by atoms with E-state index in [1.807, 2.05) is 54.1 Å². The zero-order valence-electron chi connectivity index (χ0n) is 18.5. The van der Waals surface area contributed by atoms with Crippen molar-refractivity contribution in [2.24, 2.45) is 5.92 Å². The number of H-pyrrole nitrogens is 1. The van der Waals surface area contributed by atoms with Gasteiger partial charge in [-0.15, -0.1) is 5.10 Å². The third-order valence-corrected chi connectivity index (χ3v) is 6.44. The van der Waals surface area contributed by atoms with E-state index in [1.165, 1.54) is 6.42 Å². The highest BCUT2D eigenvalue weighted by Crippen LogP contribution is 2.31. The fourth-order valence-electron chi connectivity index (χ4n) is 4.84. The molecule has 3 heterocycles. The molecule has 0 saturated carbocycles. The van der Waals surface area contributed by atoms with Crippen molar-refractivity contribution in [2.45, 2.75) is 39.3 Å². The van der Waals surface area contributed by atoms with E-state index in [4.69, 9.17) is 0 Å². The Morgan fingerprint density at radius 3 is 2.81 bits per heavy atom. The van der Waals surface area contributed by atoms with Crippen molar-refractivity contribution >= 4 is 10.9 Å². The number of aromatic amines is 1. The second kappa shape index (κ2) is 8.67. The van der Waals surface area contributed by atoms with Crippen molar-refractivity contribution in [3.05, 3.63) is 87.5 Å². The molecule has 7 nitrogen and oxygen atoms in total. The molecule has 2 aromatic heterocycles. The number of nitrogens with one attached hydrogen (secondary N) is 1. The summed E-state index contributed by atoms with van der Waals surface area (Å²) in [5.41, 5.74) is 3.68. The van der Waals surface area contributed by atoms with Gasteiger partial charge in [-0.05, 0) is 65.2 Å². The average Bonchev–Trinajstić information content (AvgIpc) is 3.23. The molecule has 0 spiro atoms. The van der Waals surface area contributed by atoms with Crippen molar-refractivity contribution in [2.75, 3.05) is 13.1 Å². The molecule has 5 rings (SSSR count). The Morgan fingerprint density at radius 1 is 1.16 bits per heavy atom. The number of piperidine rings is 1. The van der Waals surface area contributed by atoms with E-state index in [1.54, 1.807) is 0 Å². The zero-order valence-corrected chi connectivity index (χ0v) is 18.5. The molecule has 1 saturated heterocycles. The van der Waals surface area contributed by atoms with E-state index in [9.17, 15) is 4.79 Å². The summed E-state index contributed by atoms with van der Waals surface area (Å²) < 4.78 is 1.83. The Bertz CT molecular complexity index is 1280. The molecule has 32 heavy (non-hydrogen) atoms. The number of hydrogen-bond acceptors (Lipinski definition) is 5. The fourth-order valence-corrected chi connectivity index (χ4v) is 4.84. The van der Waals surface area contributed by atoms with E-state index in [2.05, 4.69) is 44.5 Å². The van der Waals surface area contributed by atoms with Crippen molar-refractivity contribution < 1.29 is 0 Å². The van der Waals surface area contributed by atoms with Crippen LogP contribution in [-0.4, -0.2) is 43.2 Å². The monoisotopic (exact) mass is 428 g/mol. The Kier molecular flexibility index (Phi) is 5.57. The number of nitrogens with zero attached hydrogens (tertiary/aromatic N) is 5. The quantitative estimate of drug-likeness (QED) is 0.524. The SMILES string of the molecule is Cc1cccc2cc(C(c3nnnn3Cc3ccccc3)N3CCCC(C)C3)c(=O)[nH]c12. The molecule has 164 valence electrons. The lowest BCUT2D eigenvalue weighted by molar-refractivity contribution is 0.141. The van der Waals surface area contributed by atoms with Crippen LogP contribution in [0.5, 0.6) is 0 Å². The van der Waals surface area contributed by atoms with E-state index >= 15 is 0 Å². The number of tetrazole rings is 1. The van der Waals surface area contributed by atoms with Gasteiger partial charge in [-0.3, -0.25) is 9.69 Å². The van der Waals surface area contributed by atoms with Gasteiger partial charge in [-0.25, -0.2) is 4.68 Å². The molecule has 0 bridgehead atoms. The Labute approximate surface area is 187 Å². The molecular weight excluding hydrogens is 400 g/mol. The molecule has 1 fully saturated rings. The maximum absolute atomic E-state index is 13.4. The molecule has 7 heteroatoms. The fraction of sp³-hybridized carbons (Fsp3) is 0.360. The topological polar surface area (TPSA) is 79.7 Å². The van der Waals surface area contributed by atoms with Gasteiger partial charge in [0.15, 0.2) is 5.82 Å². The van der Waals surface area contributed by atoms with Crippen LogP contribution >= 0.6 is 0 Å². The lowest BCUT2D eigenvalue weighted by atomic mass is 9.95. The first-order chi connectivity index (χ1) is 15.6. The highest BCUT2D eigenvalue weighted by Gasteiger charge is 2.32. The summed E-state index contributed by atoms with van der Waals surface area (Å²) in [5.74, 6) is 1.27. The van der Waals surface area contributed by atoms with E-state index in [-0.39, 0.29) is 11.6 Å². The summed E-state index contributed by atoms with van der Waals surface area (Å²) in [4.78, 5) is 18.9. The first-order valence-corrected chi connectivity index (χ1v) is 11.3. The van der Waals surface area contributed by atoms with Gasteiger partial charge >= 0.3 is 0 Å². The molecule has 0 amide bonds. The van der Waals surface area contributed by atoms with Gasteiger partial charge in [-0.1, -0.05) is 55.5 Å². The van der Waals surface area contributed by atoms with E-state index in [0.29, 0.717) is 23.9 Å². The number of pyridine rings is 1. The van der Waals surface area contributed by atoms with E-state index < -0.39 is 0 Å². The highest BCUT2D eigenvalue weighted by atomic mass is 16.1. The largest absolute Gasteiger partial charge is 0.321 e. The number of aryl methyl sites for hydroxylation is 1. The van der Waals surface area contributed by atoms with Gasteiger partial charge in [0.05, 0.1) is 12.1 Å². The van der Waals surface area contributed by atoms with Gasteiger partial charge in [-0.2, -0.15) is 0 Å². The minimum absolute atomic E-state index is 0.0794. The van der Waals surface area contributed by atoms with Crippen molar-refractivity contribution in [1.29, 1.82) is 0 Å². The van der Waals surface area contributed by atoms with Gasteiger partial charge in [0.1, 0.15) is 6.04 Å². The van der Waals surface area contributed by atoms with Crippen LogP contribution in [-0.2, 0) is 6.54 Å². The smallest absolute Gasteiger partial charge is 0.253 e. The number of para-hydroxylation sites is 1. The van der Waals surface area contributed by atoms with Crippen LogP contribution in [0.3, 0.4) is 0 Å². The maximum atomic E-state index is 13.4. The van der Waals surface area contributed by atoms with Crippen molar-refractivity contribution in [1.82, 2.24) is 30.1 Å². The number of benzene rings is 2. The highest BCUT2D eigenvalue weighted by molar-refractivity contribution is 5.82. The minimum atomic E-state index is -0.301. The maximum Gasteiger partial charge on any atom is 0.253 e. The molecule has 4 aromatic rings. The average molecular weight is 429 g/mol. The molecule has 1 aliphatic heterocycles. The molecular formula is C25H28N6O. The Morgan fingerprint density at radius 2 is 2.00 bits per heavy atom. The van der Waals surface area contributed by atoms with Crippen molar-refractivity contribution in [3.8, 4) is 0 Å². The molecule has 1 aliphatic rings. The number of aromatic nitrogens is 5. The number of rotatable bonds is 5. The van der Waals surface area contributed by atoms with Crippen LogP contribution in [0.2, 0.25) is 0 Å². The number of hydrogen-bond donors (Lipinski definition) is 1. The summed E-state index contributed by atoms with van der Waals surface area (Å²) in [6.45, 7) is 6.67. The molecule has 0 radical (unpaired) electrons. The lowest BCUT2D eigenvalue weighted by Crippen LogP contribution is -2.41. The van der Waals surface area contributed by atoms with Gasteiger partial charge in [0, 0.05) is 12.1 Å². The third kappa shape index (κ3) is 3.96. The van der Waals surface area contributed by atoms with Crippen LogP contribution in [0.25, 0.3) is 10.9 Å². The van der Waals surface area contributed by atoms with Gasteiger partial charge in [0.2, 0.25) is 0 Å². The predicted molar refractivity (Wildman–Crippen MR) is 124 cm³/mol. The predicted octanol–water partition coefficient (Wildman–Crippen LogP) is 3.69. The number of fused-ring (bicyclic) bond motifs is 1. The molecule has 0 aliphatic carbocycles. The van der Waals surface area contributed by atoms with Crippen LogP contribution in [0.4, 0.5) is 0 Å². The van der Waals surface area contributed by atoms with Crippen LogP contribution in [0.1, 0.15) is 48.3 Å². The first kappa shape index (κ1) is 20.6. The second-order valence-electron chi connectivity index (χ2n) is 8.92. The van der Waals surface area contributed by atoms with Crippen molar-refractivity contribution in [3.63, 3.8) is 0 Å². The summed E-state index contributed by atoms with van der Waals surface area (Å²) in [7, 11) is 0. The molecule has 2 atom stereocenters. The summed E-state index contributed by atoms with van der Waals surface area (Å²) in [6.07, 6.45) is 2.30. The van der Waals surface area contributed by atoms with Crippen LogP contribution in [0, 0.1) is 12.8 Å². The molecule has 1 N–H and O–H groups in total. The number of likely N-dealkylation sites (tertiary alicyclic amines) is 1. The van der Waals surface area contributed by atoms with Crippen LogP contribution in [0.15, 0.2) is 59.4 Å². The van der Waals surface area contributed by atoms with E-state index in [0.717, 1.165) is 41.5 Å². The minimum Gasteiger partial charge on any atom is -0.321 e. The standard InChI is InChI=1S/C25H28N6O/c1-17-8-7-13-30(15-17)23(21-14-20-12-6-9-18(2)22(20)26-25(21)32)24-27-28-29-31(24)16-19-10-4-3-5-11-19/h3-6,9-12,14,17,23H,7-8,13,15-16H2,1-2H3,(H,26,32). The summed E-state index contributed by atoms with van der Waals surface area (Å²) in [5, 5.41) is 13.8. The second-order valence-corrected chi connectivity index (χ2v) is 8.92. The van der Waals surface area contributed by atoms with Crippen LogP contribution < -0.4 is 5.56 Å².